The van der Waals surface area contributed by atoms with Gasteiger partial charge >= 0.3 is 0 Å². The van der Waals surface area contributed by atoms with Crippen molar-refractivity contribution in [3.05, 3.63) is 40.6 Å². The van der Waals surface area contributed by atoms with E-state index in [2.05, 4.69) is 0 Å². The first-order valence-corrected chi connectivity index (χ1v) is 13.8. The molecule has 1 aromatic heterocycles. The molecule has 2 fully saturated rings. The highest BCUT2D eigenvalue weighted by molar-refractivity contribution is 5.88. The van der Waals surface area contributed by atoms with E-state index in [1.54, 1.807) is 0 Å². The number of hydrogen-bond donors (Lipinski definition) is 8. The lowest BCUT2D eigenvalue weighted by Gasteiger charge is -2.45. The van der Waals surface area contributed by atoms with Crippen LogP contribution in [0.15, 0.2) is 39.5 Å². The molecule has 246 valence electrons. The van der Waals surface area contributed by atoms with Crippen molar-refractivity contribution in [3.63, 3.8) is 0 Å². The van der Waals surface area contributed by atoms with E-state index < -0.39 is 84.9 Å². The van der Waals surface area contributed by atoms with E-state index in [4.69, 9.17) is 32.8 Å². The minimum absolute atomic E-state index is 0.0391. The second-order valence-corrected chi connectivity index (χ2v) is 10.6. The van der Waals surface area contributed by atoms with Gasteiger partial charge in [-0.2, -0.15) is 0 Å². The van der Waals surface area contributed by atoms with Gasteiger partial charge in [-0.1, -0.05) is 0 Å². The molecule has 3 heterocycles. The second kappa shape index (κ2) is 13.0. The van der Waals surface area contributed by atoms with Crippen LogP contribution in [0.5, 0.6) is 28.7 Å². The van der Waals surface area contributed by atoms with Crippen LogP contribution in [-0.2, 0) is 14.2 Å². The molecule has 2 aliphatic rings. The molecule has 2 saturated heterocycles. The Balaban J connectivity index is 1.52. The van der Waals surface area contributed by atoms with Crippen LogP contribution in [0.1, 0.15) is 6.92 Å². The van der Waals surface area contributed by atoms with Crippen LogP contribution in [0.3, 0.4) is 0 Å². The lowest BCUT2D eigenvalue weighted by atomic mass is 9.97. The number of phenolic OH excluding ortho intramolecular Hbond substituents is 2. The summed E-state index contributed by atoms with van der Waals surface area (Å²) in [6.45, 7) is 0.659. The molecule has 0 bridgehead atoms. The molecule has 0 spiro atoms. The van der Waals surface area contributed by atoms with Crippen LogP contribution in [0.4, 0.5) is 0 Å². The maximum atomic E-state index is 13.3. The molecule has 8 N–H and O–H groups in total. The summed E-state index contributed by atoms with van der Waals surface area (Å²) in [4.78, 5) is 13.3. The molecule has 10 atom stereocenters. The minimum Gasteiger partial charge on any atom is -0.507 e. The fourth-order valence-corrected chi connectivity index (χ4v) is 5.20. The normalized spacial score (nSPS) is 31.9. The highest BCUT2D eigenvalue weighted by Crippen LogP contribution is 2.40. The first-order chi connectivity index (χ1) is 21.4. The topological polar surface area (TPSA) is 247 Å². The van der Waals surface area contributed by atoms with E-state index in [0.29, 0.717) is 0 Å². The van der Waals surface area contributed by atoms with Gasteiger partial charge in [-0.05, 0) is 25.1 Å². The average molecular weight is 639 g/mol. The molecule has 0 unspecified atom stereocenters. The third-order valence-corrected chi connectivity index (χ3v) is 7.74. The molecule has 16 nitrogen and oxygen atoms in total. The molecule has 0 amide bonds. The number of methoxy groups -OCH3 is 2. The summed E-state index contributed by atoms with van der Waals surface area (Å²) in [5.74, 6) is -1.36. The number of fused-ring (bicyclic) bond motifs is 1. The van der Waals surface area contributed by atoms with Crippen molar-refractivity contribution in [2.24, 2.45) is 0 Å². The Labute approximate surface area is 254 Å². The standard InChI is InChI=1S/C29H34O16/c1-10-19(33)22(36)24(38)28(41-10)45-27-23(37)20(34)17(9-30)44-29(27)43-15-6-11(4-5-13(15)31)25-26(40-3)21(35)18-14(32)7-12(39-2)8-16(18)42-25/h4-8,10,17,19-20,22-24,27-34,36-38H,9H2,1-3H3/t10-,17+,19-,20-,22+,23-,24-,27+,28-,29+/m0/s1. The van der Waals surface area contributed by atoms with Crippen molar-refractivity contribution in [3.8, 4) is 40.1 Å². The van der Waals surface area contributed by atoms with Crippen LogP contribution >= 0.6 is 0 Å². The van der Waals surface area contributed by atoms with Crippen molar-refractivity contribution in [2.45, 2.75) is 68.3 Å². The van der Waals surface area contributed by atoms with Crippen LogP contribution in [0.25, 0.3) is 22.3 Å². The van der Waals surface area contributed by atoms with Crippen molar-refractivity contribution in [2.75, 3.05) is 20.8 Å². The van der Waals surface area contributed by atoms with Gasteiger partial charge in [0.1, 0.15) is 59.1 Å². The molecular formula is C29H34O16. The zero-order chi connectivity index (χ0) is 32.7. The molecule has 0 aliphatic carbocycles. The molecule has 0 saturated carbocycles. The second-order valence-electron chi connectivity index (χ2n) is 10.6. The Morgan fingerprint density at radius 1 is 0.822 bits per heavy atom. The van der Waals surface area contributed by atoms with Gasteiger partial charge in [-0.25, -0.2) is 0 Å². The minimum atomic E-state index is -1.80. The fourth-order valence-electron chi connectivity index (χ4n) is 5.20. The zero-order valence-corrected chi connectivity index (χ0v) is 24.2. The van der Waals surface area contributed by atoms with Crippen LogP contribution in [-0.4, -0.2) is 123 Å². The Morgan fingerprint density at radius 2 is 1.56 bits per heavy atom. The summed E-state index contributed by atoms with van der Waals surface area (Å²) in [6.07, 6.45) is -15.7. The Kier molecular flexibility index (Phi) is 9.41. The molecule has 5 rings (SSSR count). The number of aliphatic hydroxyl groups is 6. The molecule has 3 aromatic rings. The number of aromatic hydroxyl groups is 2. The summed E-state index contributed by atoms with van der Waals surface area (Å²) in [5, 5.41) is 82.7. The predicted molar refractivity (Wildman–Crippen MR) is 150 cm³/mol. The average Bonchev–Trinajstić information content (AvgIpc) is 3.02. The molecule has 16 heteroatoms. The van der Waals surface area contributed by atoms with Crippen molar-refractivity contribution in [1.29, 1.82) is 0 Å². The number of ether oxygens (including phenoxy) is 6. The van der Waals surface area contributed by atoms with Gasteiger partial charge in [0.2, 0.25) is 17.5 Å². The lowest BCUT2D eigenvalue weighted by molar-refractivity contribution is -0.354. The van der Waals surface area contributed by atoms with Crippen molar-refractivity contribution >= 4 is 11.0 Å². The van der Waals surface area contributed by atoms with E-state index in [0.717, 1.165) is 0 Å². The monoisotopic (exact) mass is 638 g/mol. The third kappa shape index (κ3) is 5.99. The molecule has 2 aliphatic heterocycles. The van der Waals surface area contributed by atoms with Crippen LogP contribution in [0, 0.1) is 0 Å². The third-order valence-electron chi connectivity index (χ3n) is 7.74. The molecule has 0 radical (unpaired) electrons. The summed E-state index contributed by atoms with van der Waals surface area (Å²) < 4.78 is 39.0. The highest BCUT2D eigenvalue weighted by Gasteiger charge is 2.51. The summed E-state index contributed by atoms with van der Waals surface area (Å²) in [7, 11) is 2.58. The fraction of sp³-hybridized carbons (Fsp3) is 0.483. The SMILES string of the molecule is COc1cc(O)c2c(=O)c(OC)c(-c3ccc(O)c(O[C@@H]4O[C@H](CO)[C@H](O)[C@H](O)[C@H]4O[C@@H]4O[C@@H](C)[C@H](O)[C@@H](O)[C@@H]4O)c3)oc2c1. The largest absolute Gasteiger partial charge is 0.507 e. The number of aliphatic hydroxyl groups excluding tert-OH is 6. The Bertz CT molecular complexity index is 1570. The van der Waals surface area contributed by atoms with Gasteiger partial charge in [-0.15, -0.1) is 0 Å². The van der Waals surface area contributed by atoms with E-state index >= 15 is 0 Å². The van der Waals surface area contributed by atoms with Gasteiger partial charge in [-0.3, -0.25) is 4.79 Å². The Hall–Kier alpha value is -3.71. The smallest absolute Gasteiger partial charge is 0.239 e. The summed E-state index contributed by atoms with van der Waals surface area (Å²) in [6, 6.07) is 6.43. The maximum absolute atomic E-state index is 13.3. The van der Waals surface area contributed by atoms with Gasteiger partial charge in [0, 0.05) is 17.7 Å². The number of hydrogen-bond acceptors (Lipinski definition) is 16. The summed E-state index contributed by atoms with van der Waals surface area (Å²) in [5.41, 5.74) is -0.600. The number of phenols is 2. The van der Waals surface area contributed by atoms with Crippen LogP contribution in [0.2, 0.25) is 0 Å². The van der Waals surface area contributed by atoms with E-state index in [-0.39, 0.29) is 39.5 Å². The van der Waals surface area contributed by atoms with Gasteiger partial charge in [0.15, 0.2) is 29.7 Å². The van der Waals surface area contributed by atoms with E-state index in [1.165, 1.54) is 51.5 Å². The van der Waals surface area contributed by atoms with E-state index in [9.17, 15) is 45.6 Å². The Morgan fingerprint density at radius 3 is 2.22 bits per heavy atom. The van der Waals surface area contributed by atoms with Gasteiger partial charge in [0.05, 0.1) is 26.9 Å². The predicted octanol–water partition coefficient (Wildman–Crippen LogP) is -1.08. The number of benzene rings is 2. The first-order valence-electron chi connectivity index (χ1n) is 13.8. The molecule has 45 heavy (non-hydrogen) atoms. The van der Waals surface area contributed by atoms with Crippen molar-refractivity contribution < 1.29 is 73.7 Å². The van der Waals surface area contributed by atoms with Crippen LogP contribution < -0.4 is 19.6 Å². The van der Waals surface area contributed by atoms with Gasteiger partial charge < -0.3 is 73.7 Å². The lowest BCUT2D eigenvalue weighted by Crippen LogP contribution is -2.64. The first kappa shape index (κ1) is 32.7. The molecular weight excluding hydrogens is 604 g/mol. The molecule has 2 aromatic carbocycles. The number of rotatable bonds is 8. The summed E-state index contributed by atoms with van der Waals surface area (Å²) >= 11 is 0. The van der Waals surface area contributed by atoms with E-state index in [1.807, 2.05) is 0 Å². The highest BCUT2D eigenvalue weighted by atomic mass is 16.8. The quantitative estimate of drug-likeness (QED) is 0.146. The zero-order valence-electron chi connectivity index (χ0n) is 24.2. The van der Waals surface area contributed by atoms with Gasteiger partial charge in [0.25, 0.3) is 0 Å². The van der Waals surface area contributed by atoms with Crippen molar-refractivity contribution in [1.82, 2.24) is 0 Å². The maximum Gasteiger partial charge on any atom is 0.239 e.